The van der Waals surface area contributed by atoms with E-state index < -0.39 is 18.4 Å². The van der Waals surface area contributed by atoms with Crippen LogP contribution in [-0.2, 0) is 9.53 Å². The average molecular weight is 197 g/mol. The summed E-state index contributed by atoms with van der Waals surface area (Å²) in [5.41, 5.74) is 0. The highest BCUT2D eigenvalue weighted by Gasteiger charge is 2.38. The Bertz CT molecular complexity index is 175. The molecule has 0 fully saturated rings. The van der Waals surface area contributed by atoms with Crippen LogP contribution < -0.4 is 5.32 Å². The Morgan fingerprint density at radius 2 is 2.23 bits per heavy atom. The van der Waals surface area contributed by atoms with Gasteiger partial charge in [-0.05, 0) is 6.92 Å². The number of hydrogen-bond donors (Lipinski definition) is 2. The fourth-order valence-electron chi connectivity index (χ4n) is 0.687. The number of carbonyl (C=O) groups is 1. The molecule has 0 aromatic heterocycles. The van der Waals surface area contributed by atoms with Gasteiger partial charge >= 0.3 is 11.9 Å². The molecule has 0 aliphatic heterocycles. The third-order valence-corrected chi connectivity index (χ3v) is 1.40. The first-order valence-corrected chi connectivity index (χ1v) is 3.73. The van der Waals surface area contributed by atoms with Crippen LogP contribution in [0.2, 0.25) is 0 Å². The van der Waals surface area contributed by atoms with Crippen LogP contribution >= 0.6 is 0 Å². The van der Waals surface area contributed by atoms with E-state index in [1.165, 1.54) is 7.11 Å². The van der Waals surface area contributed by atoms with E-state index in [2.05, 4.69) is 10.1 Å². The maximum atomic E-state index is 12.4. The predicted molar refractivity (Wildman–Crippen MR) is 41.9 cm³/mol. The van der Waals surface area contributed by atoms with Crippen molar-refractivity contribution in [3.05, 3.63) is 0 Å². The van der Waals surface area contributed by atoms with Crippen molar-refractivity contribution < 1.29 is 23.4 Å². The number of alkyl halides is 2. The number of carboxylic acids is 1. The predicted octanol–water partition coefficient (Wildman–Crippen LogP) is 0.331. The van der Waals surface area contributed by atoms with E-state index in [-0.39, 0.29) is 12.6 Å². The minimum Gasteiger partial charge on any atom is -0.477 e. The van der Waals surface area contributed by atoms with Crippen LogP contribution in [-0.4, -0.2) is 43.3 Å². The number of rotatable bonds is 6. The van der Waals surface area contributed by atoms with Crippen molar-refractivity contribution in [2.45, 2.75) is 18.9 Å². The Labute approximate surface area is 74.9 Å². The van der Waals surface area contributed by atoms with E-state index >= 15 is 0 Å². The van der Waals surface area contributed by atoms with E-state index in [9.17, 15) is 13.6 Å². The van der Waals surface area contributed by atoms with Gasteiger partial charge in [-0.15, -0.1) is 0 Å². The topological polar surface area (TPSA) is 58.6 Å². The van der Waals surface area contributed by atoms with Gasteiger partial charge in [-0.2, -0.15) is 8.78 Å². The minimum absolute atomic E-state index is 0.260. The molecule has 0 rings (SSSR count). The van der Waals surface area contributed by atoms with Crippen molar-refractivity contribution in [3.63, 3.8) is 0 Å². The van der Waals surface area contributed by atoms with Crippen LogP contribution in [0.4, 0.5) is 8.78 Å². The third-order valence-electron chi connectivity index (χ3n) is 1.40. The van der Waals surface area contributed by atoms with Crippen LogP contribution in [0.1, 0.15) is 6.92 Å². The van der Waals surface area contributed by atoms with Crippen molar-refractivity contribution in [1.82, 2.24) is 5.32 Å². The van der Waals surface area contributed by atoms with Gasteiger partial charge in [0.2, 0.25) is 0 Å². The van der Waals surface area contributed by atoms with Crippen molar-refractivity contribution in [2.75, 3.05) is 20.3 Å². The molecule has 0 aliphatic rings. The highest BCUT2D eigenvalue weighted by atomic mass is 19.3. The molecule has 1 unspecified atom stereocenters. The van der Waals surface area contributed by atoms with Crippen molar-refractivity contribution >= 4 is 5.97 Å². The first kappa shape index (κ1) is 12.2. The quantitative estimate of drug-likeness (QED) is 0.644. The molecule has 0 aromatic rings. The standard InChI is InChI=1S/C7H13F2NO3/c1-5(3-13-2)10-4-7(8,9)6(11)12/h5,10H,3-4H2,1-2H3,(H,11,12). The van der Waals surface area contributed by atoms with Crippen LogP contribution in [0.15, 0.2) is 0 Å². The van der Waals surface area contributed by atoms with Crippen molar-refractivity contribution in [1.29, 1.82) is 0 Å². The molecule has 78 valence electrons. The second-order valence-electron chi connectivity index (χ2n) is 2.75. The zero-order chi connectivity index (χ0) is 10.5. The van der Waals surface area contributed by atoms with Crippen LogP contribution in [0.5, 0.6) is 0 Å². The number of aliphatic carboxylic acids is 1. The summed E-state index contributed by atoms with van der Waals surface area (Å²) < 4.78 is 29.6. The zero-order valence-corrected chi connectivity index (χ0v) is 7.51. The normalized spacial score (nSPS) is 14.2. The second kappa shape index (κ2) is 5.08. The fourth-order valence-corrected chi connectivity index (χ4v) is 0.687. The Kier molecular flexibility index (Phi) is 4.79. The first-order valence-electron chi connectivity index (χ1n) is 3.73. The van der Waals surface area contributed by atoms with E-state index in [0.29, 0.717) is 0 Å². The van der Waals surface area contributed by atoms with Crippen molar-refractivity contribution in [2.24, 2.45) is 0 Å². The number of nitrogens with one attached hydrogen (secondary N) is 1. The van der Waals surface area contributed by atoms with Gasteiger partial charge in [0.25, 0.3) is 0 Å². The monoisotopic (exact) mass is 197 g/mol. The van der Waals surface area contributed by atoms with Crippen LogP contribution in [0.25, 0.3) is 0 Å². The lowest BCUT2D eigenvalue weighted by Crippen LogP contribution is -2.44. The fraction of sp³-hybridized carbons (Fsp3) is 0.857. The lowest BCUT2D eigenvalue weighted by Gasteiger charge is -2.16. The SMILES string of the molecule is COCC(C)NCC(F)(F)C(=O)O. The molecule has 0 bridgehead atoms. The van der Waals surface area contributed by atoms with Crippen LogP contribution in [0, 0.1) is 0 Å². The minimum atomic E-state index is -3.72. The van der Waals surface area contributed by atoms with Gasteiger partial charge in [-0.3, -0.25) is 0 Å². The zero-order valence-electron chi connectivity index (χ0n) is 7.51. The Morgan fingerprint density at radius 3 is 2.62 bits per heavy atom. The van der Waals surface area contributed by atoms with E-state index in [1.807, 2.05) is 0 Å². The summed E-state index contributed by atoms with van der Waals surface area (Å²) in [6.07, 6.45) is 0. The summed E-state index contributed by atoms with van der Waals surface area (Å²) in [5, 5.41) is 10.4. The number of carboxylic acid groups (broad SMARTS) is 1. The molecule has 0 saturated carbocycles. The number of methoxy groups -OCH3 is 1. The molecule has 4 nitrogen and oxygen atoms in total. The summed E-state index contributed by atoms with van der Waals surface area (Å²) in [6, 6.07) is -0.296. The lowest BCUT2D eigenvalue weighted by molar-refractivity contribution is -0.164. The van der Waals surface area contributed by atoms with E-state index in [1.54, 1.807) is 6.92 Å². The van der Waals surface area contributed by atoms with Crippen molar-refractivity contribution in [3.8, 4) is 0 Å². The van der Waals surface area contributed by atoms with Gasteiger partial charge in [0.1, 0.15) is 0 Å². The Morgan fingerprint density at radius 1 is 1.69 bits per heavy atom. The number of ether oxygens (including phenoxy) is 1. The number of halogens is 2. The molecule has 0 saturated heterocycles. The first-order chi connectivity index (χ1) is 5.90. The molecule has 0 radical (unpaired) electrons. The molecule has 2 N–H and O–H groups in total. The molecule has 13 heavy (non-hydrogen) atoms. The third kappa shape index (κ3) is 4.74. The molecule has 0 spiro atoms. The highest BCUT2D eigenvalue weighted by Crippen LogP contribution is 2.11. The molecule has 0 aromatic carbocycles. The largest absolute Gasteiger partial charge is 0.477 e. The number of hydrogen-bond acceptors (Lipinski definition) is 3. The molecule has 0 heterocycles. The average Bonchev–Trinajstić information content (AvgIpc) is 2.01. The smallest absolute Gasteiger partial charge is 0.375 e. The summed E-state index contributed by atoms with van der Waals surface area (Å²) in [7, 11) is 1.44. The maximum Gasteiger partial charge on any atom is 0.375 e. The maximum absolute atomic E-state index is 12.4. The van der Waals surface area contributed by atoms with Gasteiger partial charge in [-0.1, -0.05) is 0 Å². The highest BCUT2D eigenvalue weighted by molar-refractivity contribution is 5.75. The Balaban J connectivity index is 3.80. The van der Waals surface area contributed by atoms with Gasteiger partial charge in [-0.25, -0.2) is 4.79 Å². The summed E-state index contributed by atoms with van der Waals surface area (Å²) >= 11 is 0. The molecule has 0 amide bonds. The molecule has 1 atom stereocenters. The summed E-state index contributed by atoms with van der Waals surface area (Å²) in [5.74, 6) is -5.84. The van der Waals surface area contributed by atoms with Gasteiger partial charge in [0.15, 0.2) is 0 Å². The Hall–Kier alpha value is -0.750. The molecule has 6 heteroatoms. The lowest BCUT2D eigenvalue weighted by atomic mass is 10.3. The van der Waals surface area contributed by atoms with Gasteiger partial charge < -0.3 is 15.2 Å². The molecule has 0 aliphatic carbocycles. The second-order valence-corrected chi connectivity index (χ2v) is 2.75. The van der Waals surface area contributed by atoms with Crippen LogP contribution in [0.3, 0.4) is 0 Å². The van der Waals surface area contributed by atoms with Gasteiger partial charge in [0.05, 0.1) is 13.2 Å². The van der Waals surface area contributed by atoms with E-state index in [4.69, 9.17) is 5.11 Å². The summed E-state index contributed by atoms with van der Waals surface area (Å²) in [6.45, 7) is 1.00. The molecular formula is C7H13F2NO3. The molecular weight excluding hydrogens is 184 g/mol. The summed E-state index contributed by atoms with van der Waals surface area (Å²) in [4.78, 5) is 9.97. The van der Waals surface area contributed by atoms with E-state index in [0.717, 1.165) is 0 Å². The van der Waals surface area contributed by atoms with Gasteiger partial charge in [0, 0.05) is 13.2 Å².